The van der Waals surface area contributed by atoms with Gasteiger partial charge in [-0.2, -0.15) is 0 Å². The average molecular weight is 352 g/mol. The van der Waals surface area contributed by atoms with E-state index in [1.165, 1.54) is 28.9 Å². The first-order valence-corrected chi connectivity index (χ1v) is 8.62. The fraction of sp³-hybridized carbons (Fsp3) is 0.158. The summed E-state index contributed by atoms with van der Waals surface area (Å²) < 4.78 is 10.5. The van der Waals surface area contributed by atoms with Crippen molar-refractivity contribution in [3.63, 3.8) is 0 Å². The van der Waals surface area contributed by atoms with Gasteiger partial charge in [0.25, 0.3) is 5.91 Å². The molecular formula is C19H16N2O3S. The maximum Gasteiger partial charge on any atom is 0.261 e. The highest BCUT2D eigenvalue weighted by atomic mass is 32.1. The lowest BCUT2D eigenvalue weighted by Gasteiger charge is -2.09. The number of thiazole rings is 1. The van der Waals surface area contributed by atoms with Crippen LogP contribution in [0.3, 0.4) is 0 Å². The van der Waals surface area contributed by atoms with Crippen molar-refractivity contribution in [1.29, 1.82) is 0 Å². The molecule has 1 amide bonds. The minimum atomic E-state index is -0.250. The number of hydrogen-bond acceptors (Lipinski definition) is 5. The molecule has 1 heterocycles. The van der Waals surface area contributed by atoms with Crippen LogP contribution < -0.4 is 14.8 Å². The molecule has 1 aromatic heterocycles. The topological polar surface area (TPSA) is 60.5 Å². The average Bonchev–Trinajstić information content (AvgIpc) is 3.18. The van der Waals surface area contributed by atoms with Crippen molar-refractivity contribution in [2.45, 2.75) is 6.42 Å². The molecule has 2 aromatic carbocycles. The zero-order valence-corrected chi connectivity index (χ0v) is 14.6. The summed E-state index contributed by atoms with van der Waals surface area (Å²) in [6.45, 7) is 0. The highest BCUT2D eigenvalue weighted by Gasteiger charge is 2.24. The van der Waals surface area contributed by atoms with Crippen LogP contribution in [-0.2, 0) is 6.42 Å². The van der Waals surface area contributed by atoms with Gasteiger partial charge in [-0.3, -0.25) is 10.1 Å². The molecule has 4 rings (SSSR count). The molecule has 126 valence electrons. The number of carbonyl (C=O) groups is 1. The van der Waals surface area contributed by atoms with E-state index in [1.807, 2.05) is 12.1 Å². The summed E-state index contributed by atoms with van der Waals surface area (Å²) >= 11 is 1.51. The van der Waals surface area contributed by atoms with Gasteiger partial charge in [-0.1, -0.05) is 24.3 Å². The number of benzene rings is 2. The molecule has 5 nitrogen and oxygen atoms in total. The van der Waals surface area contributed by atoms with Crippen LogP contribution in [-0.4, -0.2) is 25.1 Å². The fourth-order valence-electron chi connectivity index (χ4n) is 2.96. The van der Waals surface area contributed by atoms with Crippen LogP contribution in [0.15, 0.2) is 42.5 Å². The Morgan fingerprint density at radius 1 is 1.16 bits per heavy atom. The molecule has 0 bridgehead atoms. The van der Waals surface area contributed by atoms with Crippen LogP contribution in [0.25, 0.3) is 11.3 Å². The lowest BCUT2D eigenvalue weighted by molar-refractivity contribution is 0.102. The Morgan fingerprint density at radius 2 is 2.00 bits per heavy atom. The predicted octanol–water partition coefficient (Wildman–Crippen LogP) is 3.98. The van der Waals surface area contributed by atoms with E-state index < -0.39 is 0 Å². The Hall–Kier alpha value is -2.86. The molecule has 25 heavy (non-hydrogen) atoms. The third-order valence-corrected chi connectivity index (χ3v) is 5.17. The number of fused-ring (bicyclic) bond motifs is 3. The van der Waals surface area contributed by atoms with Crippen molar-refractivity contribution in [1.82, 2.24) is 4.98 Å². The second-order valence-electron chi connectivity index (χ2n) is 5.65. The third kappa shape index (κ3) is 2.74. The number of methoxy groups -OCH3 is 2. The number of rotatable bonds is 4. The molecule has 0 saturated carbocycles. The second kappa shape index (κ2) is 6.22. The molecule has 0 unspecified atom stereocenters. The summed E-state index contributed by atoms with van der Waals surface area (Å²) in [5.41, 5.74) is 3.85. The highest BCUT2D eigenvalue weighted by Crippen LogP contribution is 2.41. The van der Waals surface area contributed by atoms with Crippen molar-refractivity contribution in [3.05, 3.63) is 58.5 Å². The molecule has 0 aliphatic heterocycles. The Morgan fingerprint density at radius 3 is 2.80 bits per heavy atom. The van der Waals surface area contributed by atoms with Crippen molar-refractivity contribution in [2.24, 2.45) is 0 Å². The quantitative estimate of drug-likeness (QED) is 0.603. The van der Waals surface area contributed by atoms with Crippen LogP contribution in [0.4, 0.5) is 5.13 Å². The van der Waals surface area contributed by atoms with Crippen LogP contribution in [0.1, 0.15) is 20.8 Å². The Labute approximate surface area is 149 Å². The molecule has 1 N–H and O–H groups in total. The molecule has 0 spiro atoms. The van der Waals surface area contributed by atoms with Gasteiger partial charge in [0, 0.05) is 22.9 Å². The third-order valence-electron chi connectivity index (χ3n) is 4.19. The standard InChI is InChI=1S/C19H16N2O3S/c1-23-12-7-8-14(15(10-12)24-2)18(22)21-19-20-17-13-6-4-3-5-11(13)9-16(17)25-19/h3-8,10H,9H2,1-2H3,(H,20,21,22). The molecule has 0 atom stereocenters. The van der Waals surface area contributed by atoms with Gasteiger partial charge in [0.1, 0.15) is 11.5 Å². The highest BCUT2D eigenvalue weighted by molar-refractivity contribution is 7.16. The Bertz CT molecular complexity index is 965. The van der Waals surface area contributed by atoms with Crippen LogP contribution in [0, 0.1) is 0 Å². The number of hydrogen-bond donors (Lipinski definition) is 1. The zero-order chi connectivity index (χ0) is 17.4. The van der Waals surface area contributed by atoms with Crippen LogP contribution in [0.5, 0.6) is 11.5 Å². The first-order valence-electron chi connectivity index (χ1n) is 7.81. The summed E-state index contributed by atoms with van der Waals surface area (Å²) in [6.07, 6.45) is 0.866. The molecule has 0 saturated heterocycles. The number of amides is 1. The smallest absolute Gasteiger partial charge is 0.261 e. The fourth-order valence-corrected chi connectivity index (χ4v) is 3.96. The molecule has 1 aliphatic carbocycles. The number of aromatic nitrogens is 1. The van der Waals surface area contributed by atoms with E-state index in [4.69, 9.17) is 9.47 Å². The second-order valence-corrected chi connectivity index (χ2v) is 6.73. The van der Waals surface area contributed by atoms with Crippen molar-refractivity contribution in [2.75, 3.05) is 19.5 Å². The van der Waals surface area contributed by atoms with Gasteiger partial charge < -0.3 is 9.47 Å². The first kappa shape index (κ1) is 15.7. The van der Waals surface area contributed by atoms with E-state index in [0.29, 0.717) is 22.2 Å². The number of carbonyl (C=O) groups excluding carboxylic acids is 1. The maximum absolute atomic E-state index is 12.6. The maximum atomic E-state index is 12.6. The van der Waals surface area contributed by atoms with Gasteiger partial charge in [-0.15, -0.1) is 11.3 Å². The van der Waals surface area contributed by atoms with E-state index in [9.17, 15) is 4.79 Å². The summed E-state index contributed by atoms with van der Waals surface area (Å²) in [5, 5.41) is 3.48. The molecular weight excluding hydrogens is 336 g/mol. The lowest BCUT2D eigenvalue weighted by Crippen LogP contribution is -2.13. The van der Waals surface area contributed by atoms with E-state index in [2.05, 4.69) is 22.4 Å². The monoisotopic (exact) mass is 352 g/mol. The van der Waals surface area contributed by atoms with Gasteiger partial charge in [0.05, 0.1) is 25.5 Å². The van der Waals surface area contributed by atoms with E-state index in [-0.39, 0.29) is 5.91 Å². The summed E-state index contributed by atoms with van der Waals surface area (Å²) in [7, 11) is 3.10. The van der Waals surface area contributed by atoms with Crippen molar-refractivity contribution < 1.29 is 14.3 Å². The van der Waals surface area contributed by atoms with Crippen LogP contribution >= 0.6 is 11.3 Å². The molecule has 3 aromatic rings. The first-order chi connectivity index (χ1) is 12.2. The lowest BCUT2D eigenvalue weighted by atomic mass is 10.1. The molecule has 0 fully saturated rings. The summed E-state index contributed by atoms with van der Waals surface area (Å²) in [6, 6.07) is 13.3. The minimum Gasteiger partial charge on any atom is -0.497 e. The van der Waals surface area contributed by atoms with Crippen molar-refractivity contribution in [3.8, 4) is 22.8 Å². The summed E-state index contributed by atoms with van der Waals surface area (Å²) in [5.74, 6) is 0.852. The molecule has 0 radical (unpaired) electrons. The normalized spacial score (nSPS) is 11.6. The van der Waals surface area contributed by atoms with E-state index in [1.54, 1.807) is 25.3 Å². The number of nitrogens with zero attached hydrogens (tertiary/aromatic N) is 1. The summed E-state index contributed by atoms with van der Waals surface area (Å²) in [4.78, 5) is 18.4. The van der Waals surface area contributed by atoms with E-state index in [0.717, 1.165) is 17.7 Å². The zero-order valence-electron chi connectivity index (χ0n) is 13.8. The minimum absolute atomic E-state index is 0.250. The van der Waals surface area contributed by atoms with Gasteiger partial charge in [0.2, 0.25) is 0 Å². The molecule has 6 heteroatoms. The number of ether oxygens (including phenoxy) is 2. The Kier molecular flexibility index (Phi) is 3.89. The number of nitrogens with one attached hydrogen (secondary N) is 1. The van der Waals surface area contributed by atoms with Gasteiger partial charge in [-0.25, -0.2) is 4.98 Å². The predicted molar refractivity (Wildman–Crippen MR) is 97.9 cm³/mol. The van der Waals surface area contributed by atoms with Gasteiger partial charge >= 0.3 is 0 Å². The Balaban J connectivity index is 1.59. The number of anilines is 1. The van der Waals surface area contributed by atoms with Crippen molar-refractivity contribution >= 4 is 22.4 Å². The van der Waals surface area contributed by atoms with Crippen LogP contribution in [0.2, 0.25) is 0 Å². The van der Waals surface area contributed by atoms with Gasteiger partial charge in [-0.05, 0) is 17.7 Å². The van der Waals surface area contributed by atoms with E-state index >= 15 is 0 Å². The van der Waals surface area contributed by atoms with Gasteiger partial charge in [0.15, 0.2) is 5.13 Å². The SMILES string of the molecule is COc1ccc(C(=O)Nc2nc3c(s2)Cc2ccccc2-3)c(OC)c1. The molecule has 1 aliphatic rings. The largest absolute Gasteiger partial charge is 0.497 e.